The molecule has 0 saturated carbocycles. The Labute approximate surface area is 175 Å². The minimum absolute atomic E-state index is 1.24. The van der Waals surface area contributed by atoms with Crippen molar-refractivity contribution in [1.82, 2.24) is 0 Å². The Hall–Kier alpha value is 0.443. The molecule has 3 atom stereocenters. The summed E-state index contributed by atoms with van der Waals surface area (Å²) in [5, 5.41) is 3.72. The van der Waals surface area contributed by atoms with Gasteiger partial charge in [0.1, 0.15) is 0 Å². The summed E-state index contributed by atoms with van der Waals surface area (Å²) in [5.41, 5.74) is 0. The summed E-state index contributed by atoms with van der Waals surface area (Å²) in [4.78, 5) is 0. The van der Waals surface area contributed by atoms with Gasteiger partial charge in [0, 0.05) is 0 Å². The molecule has 0 aromatic heterocycles. The van der Waals surface area contributed by atoms with Crippen LogP contribution in [0.5, 0.6) is 0 Å². The van der Waals surface area contributed by atoms with Crippen LogP contribution in [0.1, 0.15) is 0 Å². The van der Waals surface area contributed by atoms with Gasteiger partial charge in [-0.3, -0.25) is 0 Å². The van der Waals surface area contributed by atoms with E-state index in [0.717, 1.165) is 0 Å². The molecule has 0 saturated heterocycles. The number of rotatable bonds is 0. The van der Waals surface area contributed by atoms with Crippen molar-refractivity contribution < 1.29 is 13.0 Å². The quantitative estimate of drug-likeness (QED) is 0.257. The fourth-order valence-electron chi connectivity index (χ4n) is 1.36. The second-order valence-electron chi connectivity index (χ2n) is 4.37. The standard InChI is InChI=1S/3C6H7P.3ClH.Rh/c3*7-6-4-2-1-3-5-6;;;;/h3*1-5H,7H2;3*1H;/q;;;;;;+3/p-3. The summed E-state index contributed by atoms with van der Waals surface area (Å²) < 4.78 is 0. The van der Waals surface area contributed by atoms with Gasteiger partial charge in [0.05, 0.1) is 0 Å². The van der Waals surface area contributed by atoms with Gasteiger partial charge in [0.2, 0.25) is 0 Å². The molecule has 0 fully saturated rings. The zero-order valence-electron chi connectivity index (χ0n) is 13.4. The Balaban J connectivity index is 0.000000314. The third-order valence-corrected chi connectivity index (χ3v) is 3.55. The van der Waals surface area contributed by atoms with Crippen molar-refractivity contribution >= 4 is 72.7 Å². The van der Waals surface area contributed by atoms with Crippen molar-refractivity contribution in [3.8, 4) is 0 Å². The van der Waals surface area contributed by atoms with Crippen LogP contribution in [-0.4, -0.2) is 0 Å². The van der Waals surface area contributed by atoms with Crippen LogP contribution in [0.15, 0.2) is 91.0 Å². The number of benzene rings is 3. The molecule has 0 bridgehead atoms. The maximum absolute atomic E-state index is 4.94. The second-order valence-corrected chi connectivity index (χ2v) is 13.8. The van der Waals surface area contributed by atoms with Crippen molar-refractivity contribution in [3.63, 3.8) is 0 Å². The Morgan fingerprint density at radius 1 is 0.440 bits per heavy atom. The normalized spacial score (nSPS) is 9.12. The van der Waals surface area contributed by atoms with Crippen LogP contribution in [0.25, 0.3) is 0 Å². The summed E-state index contributed by atoms with van der Waals surface area (Å²) in [6, 6.07) is 30.4. The van der Waals surface area contributed by atoms with Crippen LogP contribution in [0.3, 0.4) is 0 Å². The third-order valence-electron chi connectivity index (χ3n) is 2.40. The minimum atomic E-state index is -1.66. The molecule has 0 nitrogen and oxygen atoms in total. The molecule has 3 unspecified atom stereocenters. The van der Waals surface area contributed by atoms with E-state index in [-0.39, 0.29) is 0 Å². The molecule has 25 heavy (non-hydrogen) atoms. The Morgan fingerprint density at radius 2 is 0.600 bits per heavy atom. The van der Waals surface area contributed by atoms with Crippen LogP contribution in [-0.2, 0) is 13.0 Å². The predicted octanol–water partition coefficient (Wildman–Crippen LogP) is 5.63. The van der Waals surface area contributed by atoms with E-state index in [9.17, 15) is 0 Å². The van der Waals surface area contributed by atoms with Crippen LogP contribution >= 0.6 is 56.8 Å². The molecule has 138 valence electrons. The molecule has 0 aliphatic rings. The maximum atomic E-state index is 4.94. The van der Waals surface area contributed by atoms with Gasteiger partial charge in [-0.25, -0.2) is 0 Å². The molecule has 3 aromatic carbocycles. The fourth-order valence-corrected chi connectivity index (χ4v) is 2.03. The van der Waals surface area contributed by atoms with Crippen molar-refractivity contribution in [3.05, 3.63) is 91.0 Å². The number of hydrogen-bond donors (Lipinski definition) is 0. The van der Waals surface area contributed by atoms with Crippen molar-refractivity contribution in [2.45, 2.75) is 0 Å². The zero-order valence-corrected chi connectivity index (χ0v) is 20.7. The number of halogens is 3. The van der Waals surface area contributed by atoms with E-state index in [4.69, 9.17) is 29.1 Å². The van der Waals surface area contributed by atoms with Crippen LogP contribution in [0.4, 0.5) is 0 Å². The molecular formula is C18H21Cl3P3Rh. The molecule has 7 heteroatoms. The molecule has 0 heterocycles. The average molecular weight is 540 g/mol. The Morgan fingerprint density at radius 3 is 0.680 bits per heavy atom. The first-order valence-corrected chi connectivity index (χ1v) is 15.0. The van der Waals surface area contributed by atoms with Crippen molar-refractivity contribution in [1.29, 1.82) is 0 Å². The summed E-state index contributed by atoms with van der Waals surface area (Å²) in [6.07, 6.45) is 0. The van der Waals surface area contributed by atoms with Gasteiger partial charge in [-0.2, -0.15) is 0 Å². The molecule has 0 amide bonds. The first-order valence-electron chi connectivity index (χ1n) is 6.98. The van der Waals surface area contributed by atoms with Gasteiger partial charge in [-0.05, 0) is 15.9 Å². The summed E-state index contributed by atoms with van der Waals surface area (Å²) in [5.74, 6) is 0. The monoisotopic (exact) mass is 538 g/mol. The van der Waals surface area contributed by atoms with E-state index in [0.29, 0.717) is 0 Å². The fraction of sp³-hybridized carbons (Fsp3) is 0. The third kappa shape index (κ3) is 20.6. The summed E-state index contributed by atoms with van der Waals surface area (Å²) in [7, 11) is 22.7. The molecule has 3 rings (SSSR count). The topological polar surface area (TPSA) is 0 Å². The molecule has 0 N–H and O–H groups in total. The van der Waals surface area contributed by atoms with Crippen molar-refractivity contribution in [2.75, 3.05) is 0 Å². The molecule has 0 aliphatic heterocycles. The van der Waals surface area contributed by atoms with Crippen LogP contribution < -0.4 is 15.9 Å². The summed E-state index contributed by atoms with van der Waals surface area (Å²) >= 11 is -1.66. The molecule has 0 aliphatic carbocycles. The van der Waals surface area contributed by atoms with Gasteiger partial charge in [0.25, 0.3) is 0 Å². The first-order chi connectivity index (χ1) is 11.9. The second kappa shape index (κ2) is 17.8. The van der Waals surface area contributed by atoms with Gasteiger partial charge in [-0.1, -0.05) is 91.0 Å². The average Bonchev–Trinajstić information content (AvgIpc) is 2.58. The van der Waals surface area contributed by atoms with Gasteiger partial charge < -0.3 is 0 Å². The van der Waals surface area contributed by atoms with E-state index < -0.39 is 13.0 Å². The SMILES string of the molecule is Pc1ccccc1.Pc1ccccc1.Pc1ccccc1.[Cl][Rh]([Cl])[Cl]. The van der Waals surface area contributed by atoms with Crippen LogP contribution in [0, 0.1) is 0 Å². The molecular weight excluding hydrogens is 518 g/mol. The predicted molar refractivity (Wildman–Crippen MR) is 125 cm³/mol. The van der Waals surface area contributed by atoms with Gasteiger partial charge in [0.15, 0.2) is 0 Å². The Kier molecular flexibility index (Phi) is 18.2. The van der Waals surface area contributed by atoms with E-state index in [2.05, 4.69) is 27.7 Å². The molecule has 0 spiro atoms. The van der Waals surface area contributed by atoms with Crippen molar-refractivity contribution in [2.24, 2.45) is 0 Å². The van der Waals surface area contributed by atoms with E-state index in [1.165, 1.54) is 15.9 Å². The number of hydrogen-bond acceptors (Lipinski definition) is 0. The first kappa shape index (κ1) is 25.4. The zero-order chi connectivity index (χ0) is 18.9. The van der Waals surface area contributed by atoms with E-state index in [1.54, 1.807) is 0 Å². The summed E-state index contributed by atoms with van der Waals surface area (Å²) in [6.45, 7) is 0. The van der Waals surface area contributed by atoms with E-state index >= 15 is 0 Å². The van der Waals surface area contributed by atoms with E-state index in [1.807, 2.05) is 91.0 Å². The van der Waals surface area contributed by atoms with Gasteiger partial charge >= 0.3 is 42.1 Å². The molecule has 0 radical (unpaired) electrons. The Bertz CT molecular complexity index is 550. The van der Waals surface area contributed by atoms with Gasteiger partial charge in [-0.15, -0.1) is 27.7 Å². The van der Waals surface area contributed by atoms with Crippen LogP contribution in [0.2, 0.25) is 0 Å². The molecule has 3 aromatic rings.